The summed E-state index contributed by atoms with van der Waals surface area (Å²) < 4.78 is 12.2. The molecule has 2 heterocycles. The first-order valence-electron chi connectivity index (χ1n) is 7.03. The van der Waals surface area contributed by atoms with E-state index in [9.17, 15) is 9.59 Å². The van der Waals surface area contributed by atoms with Crippen molar-refractivity contribution in [1.29, 1.82) is 0 Å². The second-order valence-electron chi connectivity index (χ2n) is 5.06. The third kappa shape index (κ3) is 2.77. The van der Waals surface area contributed by atoms with Crippen molar-refractivity contribution < 1.29 is 14.3 Å². The summed E-state index contributed by atoms with van der Waals surface area (Å²) in [6, 6.07) is 1.62. The van der Waals surface area contributed by atoms with Crippen molar-refractivity contribution >= 4 is 5.97 Å². The number of esters is 1. The second-order valence-corrected chi connectivity index (χ2v) is 5.06. The minimum absolute atomic E-state index is 0.0556. The molecule has 0 amide bonds. The molecular weight excluding hydrogens is 258 g/mol. The van der Waals surface area contributed by atoms with Gasteiger partial charge in [0.25, 0.3) is 5.56 Å². The molecule has 1 fully saturated rings. The van der Waals surface area contributed by atoms with E-state index in [1.54, 1.807) is 18.4 Å². The Kier molecular flexibility index (Phi) is 4.60. The Labute approximate surface area is 118 Å². The summed E-state index contributed by atoms with van der Waals surface area (Å²) in [7, 11) is 0. The average molecular weight is 279 g/mol. The van der Waals surface area contributed by atoms with E-state index in [1.807, 2.05) is 6.92 Å². The van der Waals surface area contributed by atoms with Crippen molar-refractivity contribution in [2.75, 3.05) is 19.8 Å². The third-order valence-electron chi connectivity index (χ3n) is 3.73. The summed E-state index contributed by atoms with van der Waals surface area (Å²) >= 11 is 0. The van der Waals surface area contributed by atoms with Crippen LogP contribution in [0.1, 0.15) is 47.4 Å². The molecule has 0 atom stereocenters. The summed E-state index contributed by atoms with van der Waals surface area (Å²) in [6.45, 7) is 6.99. The molecule has 0 saturated carbocycles. The van der Waals surface area contributed by atoms with Gasteiger partial charge < -0.3 is 14.0 Å². The summed E-state index contributed by atoms with van der Waals surface area (Å²) in [5.41, 5.74) is 1.83. The van der Waals surface area contributed by atoms with Gasteiger partial charge in [-0.1, -0.05) is 0 Å². The topological polar surface area (TPSA) is 57.5 Å². The van der Waals surface area contributed by atoms with Gasteiger partial charge in [-0.2, -0.15) is 0 Å². The van der Waals surface area contributed by atoms with Crippen LogP contribution in [0.25, 0.3) is 0 Å². The summed E-state index contributed by atoms with van der Waals surface area (Å²) in [4.78, 5) is 24.3. The Balaban J connectivity index is 2.49. The molecule has 0 aromatic carbocycles. The Morgan fingerprint density at radius 2 is 2.05 bits per heavy atom. The van der Waals surface area contributed by atoms with Crippen LogP contribution < -0.4 is 5.56 Å². The minimum atomic E-state index is -0.358. The van der Waals surface area contributed by atoms with Crippen LogP contribution in [0.4, 0.5) is 0 Å². The first-order valence-corrected chi connectivity index (χ1v) is 7.03. The normalized spacial score (nSPS) is 16.1. The number of aryl methyl sites for hydroxylation is 1. The van der Waals surface area contributed by atoms with Gasteiger partial charge in [0.1, 0.15) is 0 Å². The van der Waals surface area contributed by atoms with Crippen LogP contribution in [0.2, 0.25) is 0 Å². The number of hydrogen-bond acceptors (Lipinski definition) is 4. The van der Waals surface area contributed by atoms with Crippen molar-refractivity contribution in [2.45, 2.75) is 39.7 Å². The molecule has 1 aliphatic rings. The van der Waals surface area contributed by atoms with Crippen molar-refractivity contribution in [3.05, 3.63) is 33.2 Å². The van der Waals surface area contributed by atoms with E-state index in [0.29, 0.717) is 36.6 Å². The molecule has 20 heavy (non-hydrogen) atoms. The molecule has 5 nitrogen and oxygen atoms in total. The number of pyridine rings is 1. The quantitative estimate of drug-likeness (QED) is 0.794. The molecule has 0 bridgehead atoms. The van der Waals surface area contributed by atoms with E-state index in [2.05, 4.69) is 0 Å². The van der Waals surface area contributed by atoms with Crippen LogP contribution in [-0.4, -0.2) is 30.4 Å². The predicted molar refractivity (Wildman–Crippen MR) is 75.2 cm³/mol. The smallest absolute Gasteiger partial charge is 0.340 e. The van der Waals surface area contributed by atoms with Crippen LogP contribution in [-0.2, 0) is 9.47 Å². The third-order valence-corrected chi connectivity index (χ3v) is 3.73. The lowest BCUT2D eigenvalue weighted by molar-refractivity contribution is 0.0520. The fourth-order valence-electron chi connectivity index (χ4n) is 2.81. The van der Waals surface area contributed by atoms with Crippen molar-refractivity contribution in [3.63, 3.8) is 0 Å². The lowest BCUT2D eigenvalue weighted by Crippen LogP contribution is -2.32. The number of aromatic nitrogens is 1. The van der Waals surface area contributed by atoms with Gasteiger partial charge in [0, 0.05) is 31.0 Å². The van der Waals surface area contributed by atoms with E-state index in [-0.39, 0.29) is 17.6 Å². The van der Waals surface area contributed by atoms with E-state index in [0.717, 1.165) is 12.8 Å². The van der Waals surface area contributed by atoms with Crippen molar-refractivity contribution in [1.82, 2.24) is 4.57 Å². The van der Waals surface area contributed by atoms with Crippen LogP contribution in [0, 0.1) is 13.8 Å². The number of nitrogens with zero attached hydrogens (tertiary/aromatic N) is 1. The van der Waals surface area contributed by atoms with Gasteiger partial charge in [-0.15, -0.1) is 0 Å². The zero-order chi connectivity index (χ0) is 14.7. The molecule has 0 spiro atoms. The molecule has 0 aliphatic carbocycles. The molecule has 1 aromatic rings. The Morgan fingerprint density at radius 3 is 2.65 bits per heavy atom. The van der Waals surface area contributed by atoms with Gasteiger partial charge >= 0.3 is 5.97 Å². The zero-order valence-corrected chi connectivity index (χ0v) is 12.3. The number of ether oxygens (including phenoxy) is 2. The predicted octanol–water partition coefficient (Wildman–Crippen LogP) is 1.99. The summed E-state index contributed by atoms with van der Waals surface area (Å²) in [5.74, 6) is -0.358. The van der Waals surface area contributed by atoms with Crippen LogP contribution >= 0.6 is 0 Å². The molecule has 0 unspecified atom stereocenters. The molecular formula is C15H21NO4. The lowest BCUT2D eigenvalue weighted by Gasteiger charge is -2.27. The Bertz CT molecular complexity index is 556. The first-order chi connectivity index (χ1) is 9.56. The standard InChI is InChI=1S/C15H21NO4/c1-4-20-15(18)14-10(2)9-13(17)16(11(14)3)12-5-7-19-8-6-12/h9,12H,4-8H2,1-3H3. The lowest BCUT2D eigenvalue weighted by atomic mass is 10.0. The van der Waals surface area contributed by atoms with Crippen LogP contribution in [0.5, 0.6) is 0 Å². The zero-order valence-electron chi connectivity index (χ0n) is 12.3. The maximum absolute atomic E-state index is 12.3. The SMILES string of the molecule is CCOC(=O)c1c(C)cc(=O)n(C2CCOCC2)c1C. The van der Waals surface area contributed by atoms with Gasteiger partial charge in [0.05, 0.1) is 12.2 Å². The fourth-order valence-corrected chi connectivity index (χ4v) is 2.81. The molecule has 1 aromatic heterocycles. The highest BCUT2D eigenvalue weighted by Crippen LogP contribution is 2.23. The molecule has 0 radical (unpaired) electrons. The maximum Gasteiger partial charge on any atom is 0.340 e. The van der Waals surface area contributed by atoms with E-state index < -0.39 is 0 Å². The van der Waals surface area contributed by atoms with Crippen molar-refractivity contribution in [2.24, 2.45) is 0 Å². The van der Waals surface area contributed by atoms with Gasteiger partial charge in [0.2, 0.25) is 0 Å². The monoisotopic (exact) mass is 279 g/mol. The Morgan fingerprint density at radius 1 is 1.40 bits per heavy atom. The molecule has 1 aliphatic heterocycles. The number of carbonyl (C=O) groups is 1. The highest BCUT2D eigenvalue weighted by atomic mass is 16.5. The molecule has 5 heteroatoms. The van der Waals surface area contributed by atoms with Crippen molar-refractivity contribution in [3.8, 4) is 0 Å². The van der Waals surface area contributed by atoms with E-state index in [4.69, 9.17) is 9.47 Å². The molecule has 1 saturated heterocycles. The number of carbonyl (C=O) groups excluding carboxylic acids is 1. The van der Waals surface area contributed by atoms with Crippen LogP contribution in [0.15, 0.2) is 10.9 Å². The summed E-state index contributed by atoms with van der Waals surface area (Å²) in [6.07, 6.45) is 1.60. The first kappa shape index (κ1) is 14.8. The molecule has 0 N–H and O–H groups in total. The summed E-state index contributed by atoms with van der Waals surface area (Å²) in [5, 5.41) is 0. The second kappa shape index (κ2) is 6.22. The largest absolute Gasteiger partial charge is 0.462 e. The Hall–Kier alpha value is -1.62. The average Bonchev–Trinajstić information content (AvgIpc) is 2.39. The highest BCUT2D eigenvalue weighted by molar-refractivity contribution is 5.92. The molecule has 110 valence electrons. The number of rotatable bonds is 3. The number of hydrogen-bond donors (Lipinski definition) is 0. The van der Waals surface area contributed by atoms with Crippen LogP contribution in [0.3, 0.4) is 0 Å². The van der Waals surface area contributed by atoms with E-state index in [1.165, 1.54) is 6.07 Å². The highest BCUT2D eigenvalue weighted by Gasteiger charge is 2.23. The van der Waals surface area contributed by atoms with Gasteiger partial charge in [0.15, 0.2) is 0 Å². The minimum Gasteiger partial charge on any atom is -0.462 e. The van der Waals surface area contributed by atoms with Gasteiger partial charge in [-0.3, -0.25) is 4.79 Å². The van der Waals surface area contributed by atoms with Gasteiger partial charge in [-0.05, 0) is 39.2 Å². The maximum atomic E-state index is 12.3. The fraction of sp³-hybridized carbons (Fsp3) is 0.600. The van der Waals surface area contributed by atoms with Gasteiger partial charge in [-0.25, -0.2) is 4.79 Å². The van der Waals surface area contributed by atoms with E-state index >= 15 is 0 Å². The molecule has 2 rings (SSSR count).